The molecule has 3 rings (SSSR count). The Morgan fingerprint density at radius 2 is 1.67 bits per heavy atom. The van der Waals surface area contributed by atoms with Crippen molar-refractivity contribution in [1.82, 2.24) is 0 Å². The van der Waals surface area contributed by atoms with Crippen molar-refractivity contribution in [3.8, 4) is 18.1 Å². The maximum absolute atomic E-state index is 10.2. The van der Waals surface area contributed by atoms with Crippen LogP contribution in [-0.4, -0.2) is 57.7 Å². The second kappa shape index (κ2) is 8.53. The van der Waals surface area contributed by atoms with Gasteiger partial charge in [-0.25, -0.2) is 0 Å². The number of benzene rings is 2. The molecule has 4 N–H and O–H groups in total. The van der Waals surface area contributed by atoms with Gasteiger partial charge in [-0.1, -0.05) is 36.3 Å². The first-order valence-electron chi connectivity index (χ1n) is 8.64. The Labute approximate surface area is 157 Å². The highest BCUT2D eigenvalue weighted by atomic mass is 16.7. The number of hydrogen-bond acceptors (Lipinski definition) is 6. The fourth-order valence-electron chi connectivity index (χ4n) is 2.99. The van der Waals surface area contributed by atoms with E-state index in [1.807, 2.05) is 36.4 Å². The summed E-state index contributed by atoms with van der Waals surface area (Å²) in [6.07, 6.45) is -0.649. The Morgan fingerprint density at radius 3 is 2.33 bits per heavy atom. The quantitative estimate of drug-likeness (QED) is 0.570. The number of hydrogen-bond donors (Lipinski definition) is 4. The van der Waals surface area contributed by atoms with Crippen LogP contribution in [0.4, 0.5) is 0 Å². The van der Waals surface area contributed by atoms with Gasteiger partial charge in [0.05, 0.1) is 6.61 Å². The minimum absolute atomic E-state index is 0.475. The molecule has 142 valence electrons. The van der Waals surface area contributed by atoms with Gasteiger partial charge in [-0.2, -0.15) is 0 Å². The molecule has 0 amide bonds. The van der Waals surface area contributed by atoms with Gasteiger partial charge >= 0.3 is 0 Å². The predicted octanol–water partition coefficient (Wildman–Crippen LogP) is 0.437. The molecule has 6 nitrogen and oxygen atoms in total. The summed E-state index contributed by atoms with van der Waals surface area (Å²) in [5.41, 5.74) is 2.67. The Morgan fingerprint density at radius 1 is 0.963 bits per heavy atom. The summed E-state index contributed by atoms with van der Waals surface area (Å²) in [6, 6.07) is 14.8. The minimum Gasteiger partial charge on any atom is -0.462 e. The summed E-state index contributed by atoms with van der Waals surface area (Å²) in [7, 11) is 0. The summed E-state index contributed by atoms with van der Waals surface area (Å²) in [6.45, 7) is -0.506. The lowest BCUT2D eigenvalue weighted by Gasteiger charge is -2.39. The Hall–Kier alpha value is -2.40. The molecule has 0 bridgehead atoms. The summed E-state index contributed by atoms with van der Waals surface area (Å²) in [5.74, 6) is 3.05. The van der Waals surface area contributed by atoms with Crippen molar-refractivity contribution in [1.29, 1.82) is 0 Å². The van der Waals surface area contributed by atoms with E-state index in [2.05, 4.69) is 5.92 Å². The number of aliphatic hydroxyl groups is 4. The molecule has 1 saturated heterocycles. The number of rotatable bonds is 5. The molecule has 0 radical (unpaired) electrons. The van der Waals surface area contributed by atoms with Crippen LogP contribution in [0.25, 0.3) is 0 Å². The van der Waals surface area contributed by atoms with Gasteiger partial charge in [-0.3, -0.25) is 0 Å². The molecule has 1 aliphatic rings. The van der Waals surface area contributed by atoms with Gasteiger partial charge in [-0.05, 0) is 29.3 Å². The number of terminal acetylenes is 1. The number of aliphatic hydroxyl groups excluding tert-OH is 4. The van der Waals surface area contributed by atoms with Gasteiger partial charge in [0.1, 0.15) is 30.2 Å². The van der Waals surface area contributed by atoms with E-state index in [1.54, 1.807) is 12.1 Å². The zero-order chi connectivity index (χ0) is 19.4. The monoisotopic (exact) mass is 370 g/mol. The zero-order valence-electron chi connectivity index (χ0n) is 14.6. The van der Waals surface area contributed by atoms with Crippen LogP contribution in [-0.2, 0) is 11.2 Å². The second-order valence-corrected chi connectivity index (χ2v) is 6.44. The fraction of sp³-hybridized carbons (Fsp3) is 0.333. The molecule has 2 aromatic carbocycles. The predicted molar refractivity (Wildman–Crippen MR) is 98.0 cm³/mol. The first-order chi connectivity index (χ1) is 13.0. The zero-order valence-corrected chi connectivity index (χ0v) is 14.6. The van der Waals surface area contributed by atoms with Gasteiger partial charge in [0.15, 0.2) is 0 Å². The SMILES string of the molecule is C#Cc1ccc(Cc2ccccc2O[C@@H]2O[C@H](CO)[C@@H](O)[C@H](O)[C@H]2O)cc1. The lowest BCUT2D eigenvalue weighted by atomic mass is 9.99. The summed E-state index contributed by atoms with van der Waals surface area (Å²) < 4.78 is 11.2. The third kappa shape index (κ3) is 4.30. The molecule has 1 heterocycles. The molecule has 27 heavy (non-hydrogen) atoms. The van der Waals surface area contributed by atoms with E-state index in [1.165, 1.54) is 0 Å². The second-order valence-electron chi connectivity index (χ2n) is 6.44. The van der Waals surface area contributed by atoms with E-state index in [0.717, 1.165) is 16.7 Å². The van der Waals surface area contributed by atoms with Crippen molar-refractivity contribution in [3.63, 3.8) is 0 Å². The van der Waals surface area contributed by atoms with E-state index in [4.69, 9.17) is 15.9 Å². The molecule has 0 saturated carbocycles. The third-order valence-electron chi connectivity index (χ3n) is 4.58. The maximum Gasteiger partial charge on any atom is 0.229 e. The maximum atomic E-state index is 10.2. The molecular formula is C21H22O6. The van der Waals surface area contributed by atoms with Crippen molar-refractivity contribution in [2.45, 2.75) is 37.1 Å². The van der Waals surface area contributed by atoms with E-state index < -0.39 is 37.3 Å². The highest BCUT2D eigenvalue weighted by Crippen LogP contribution is 2.27. The molecule has 0 aromatic heterocycles. The van der Waals surface area contributed by atoms with E-state index in [0.29, 0.717) is 12.2 Å². The van der Waals surface area contributed by atoms with Gasteiger partial charge in [0, 0.05) is 12.0 Å². The first-order valence-corrected chi connectivity index (χ1v) is 8.64. The van der Waals surface area contributed by atoms with E-state index >= 15 is 0 Å². The highest BCUT2D eigenvalue weighted by Gasteiger charge is 2.44. The van der Waals surface area contributed by atoms with E-state index in [-0.39, 0.29) is 0 Å². The average molecular weight is 370 g/mol. The third-order valence-corrected chi connectivity index (χ3v) is 4.58. The lowest BCUT2D eigenvalue weighted by Crippen LogP contribution is -2.60. The molecule has 5 atom stereocenters. The van der Waals surface area contributed by atoms with Crippen LogP contribution in [0.5, 0.6) is 5.75 Å². The van der Waals surface area contributed by atoms with Crippen LogP contribution < -0.4 is 4.74 Å². The van der Waals surface area contributed by atoms with Crippen LogP contribution in [0.15, 0.2) is 48.5 Å². The smallest absolute Gasteiger partial charge is 0.229 e. The Bertz CT molecular complexity index is 795. The molecule has 0 aliphatic carbocycles. The van der Waals surface area contributed by atoms with Crippen molar-refractivity contribution < 1.29 is 29.9 Å². The van der Waals surface area contributed by atoms with Crippen LogP contribution in [0, 0.1) is 12.3 Å². The van der Waals surface area contributed by atoms with Gasteiger partial charge in [0.2, 0.25) is 6.29 Å². The lowest BCUT2D eigenvalue weighted by molar-refractivity contribution is -0.277. The minimum atomic E-state index is -1.48. The average Bonchev–Trinajstić information content (AvgIpc) is 2.70. The van der Waals surface area contributed by atoms with Crippen LogP contribution in [0.3, 0.4) is 0 Å². The number of ether oxygens (including phenoxy) is 2. The fourth-order valence-corrected chi connectivity index (χ4v) is 2.99. The van der Waals surface area contributed by atoms with Crippen molar-refractivity contribution >= 4 is 0 Å². The van der Waals surface area contributed by atoms with Gasteiger partial charge in [-0.15, -0.1) is 6.42 Å². The largest absolute Gasteiger partial charge is 0.462 e. The molecular weight excluding hydrogens is 348 g/mol. The molecule has 0 unspecified atom stereocenters. The van der Waals surface area contributed by atoms with Crippen LogP contribution >= 0.6 is 0 Å². The summed E-state index contributed by atoms with van der Waals surface area (Å²) in [4.78, 5) is 0. The standard InChI is InChI=1S/C21H22O6/c1-2-13-7-9-14(10-8-13)11-15-5-3-4-6-16(15)26-21-20(25)19(24)18(23)17(12-22)27-21/h1,3-10,17-25H,11-12H2/t17-,18-,19+,20-,21-/m1/s1. The van der Waals surface area contributed by atoms with Crippen LogP contribution in [0.1, 0.15) is 16.7 Å². The Kier molecular flexibility index (Phi) is 6.11. The van der Waals surface area contributed by atoms with Crippen molar-refractivity contribution in [2.24, 2.45) is 0 Å². The highest BCUT2D eigenvalue weighted by molar-refractivity contribution is 5.40. The molecule has 1 aliphatic heterocycles. The first kappa shape index (κ1) is 19.4. The molecule has 1 fully saturated rings. The van der Waals surface area contributed by atoms with E-state index in [9.17, 15) is 20.4 Å². The van der Waals surface area contributed by atoms with Crippen molar-refractivity contribution in [3.05, 3.63) is 65.2 Å². The number of para-hydroxylation sites is 1. The summed E-state index contributed by atoms with van der Waals surface area (Å²) in [5, 5.41) is 39.2. The van der Waals surface area contributed by atoms with Crippen LogP contribution in [0.2, 0.25) is 0 Å². The normalized spacial score (nSPS) is 27.7. The Balaban J connectivity index is 1.78. The molecule has 0 spiro atoms. The molecule has 6 heteroatoms. The summed E-state index contributed by atoms with van der Waals surface area (Å²) >= 11 is 0. The van der Waals surface area contributed by atoms with Gasteiger partial charge in [0.25, 0.3) is 0 Å². The van der Waals surface area contributed by atoms with Gasteiger partial charge < -0.3 is 29.9 Å². The van der Waals surface area contributed by atoms with Crippen molar-refractivity contribution in [2.75, 3.05) is 6.61 Å². The topological polar surface area (TPSA) is 99.4 Å². The molecule has 2 aromatic rings.